The van der Waals surface area contributed by atoms with E-state index in [1.807, 2.05) is 12.3 Å². The highest BCUT2D eigenvalue weighted by Gasteiger charge is 2.09. The lowest BCUT2D eigenvalue weighted by Crippen LogP contribution is -2.18. The predicted molar refractivity (Wildman–Crippen MR) is 67.6 cm³/mol. The Bertz CT molecular complexity index is 301. The minimum absolute atomic E-state index is 0.0981. The molecule has 1 heterocycles. The molecule has 0 aliphatic rings. The predicted octanol–water partition coefficient (Wildman–Crippen LogP) is 3.22. The van der Waals surface area contributed by atoms with Crippen LogP contribution in [0, 0.1) is 0 Å². The first-order valence-corrected chi connectivity index (χ1v) is 5.84. The number of pyridine rings is 1. The SMILES string of the molecule is CCCNc1ccc(COC(C)(C)C)cn1. The summed E-state index contributed by atoms with van der Waals surface area (Å²) in [6.45, 7) is 9.88. The van der Waals surface area contributed by atoms with Crippen LogP contribution in [0.4, 0.5) is 5.82 Å². The first-order valence-electron chi connectivity index (χ1n) is 5.84. The van der Waals surface area contributed by atoms with Crippen molar-refractivity contribution in [2.75, 3.05) is 11.9 Å². The fraction of sp³-hybridized carbons (Fsp3) is 0.615. The van der Waals surface area contributed by atoms with Gasteiger partial charge in [0.1, 0.15) is 5.82 Å². The van der Waals surface area contributed by atoms with E-state index in [0.717, 1.165) is 24.3 Å². The van der Waals surface area contributed by atoms with Crippen molar-refractivity contribution in [2.45, 2.75) is 46.3 Å². The van der Waals surface area contributed by atoms with Gasteiger partial charge >= 0.3 is 0 Å². The highest BCUT2D eigenvalue weighted by atomic mass is 16.5. The van der Waals surface area contributed by atoms with Crippen LogP contribution in [0.2, 0.25) is 0 Å². The third kappa shape index (κ3) is 5.12. The van der Waals surface area contributed by atoms with Gasteiger partial charge in [-0.05, 0) is 38.8 Å². The number of nitrogens with zero attached hydrogens (tertiary/aromatic N) is 1. The largest absolute Gasteiger partial charge is 0.371 e. The fourth-order valence-corrected chi connectivity index (χ4v) is 1.17. The summed E-state index contributed by atoms with van der Waals surface area (Å²) in [6.07, 6.45) is 2.97. The second-order valence-corrected chi connectivity index (χ2v) is 4.88. The van der Waals surface area contributed by atoms with Crippen LogP contribution in [0.5, 0.6) is 0 Å². The molecule has 0 aliphatic heterocycles. The lowest BCUT2D eigenvalue weighted by Gasteiger charge is -2.19. The van der Waals surface area contributed by atoms with Gasteiger partial charge in [-0.3, -0.25) is 0 Å². The zero-order valence-corrected chi connectivity index (χ0v) is 10.7. The van der Waals surface area contributed by atoms with Crippen molar-refractivity contribution >= 4 is 5.82 Å². The Labute approximate surface area is 98.2 Å². The third-order valence-electron chi connectivity index (χ3n) is 2.05. The molecule has 0 radical (unpaired) electrons. The first kappa shape index (κ1) is 13.0. The van der Waals surface area contributed by atoms with E-state index in [1.54, 1.807) is 0 Å². The Morgan fingerprint density at radius 3 is 2.56 bits per heavy atom. The summed E-state index contributed by atoms with van der Waals surface area (Å²) >= 11 is 0. The normalized spacial score (nSPS) is 11.5. The highest BCUT2D eigenvalue weighted by Crippen LogP contribution is 2.12. The molecule has 1 rings (SSSR count). The molecule has 0 atom stereocenters. The Morgan fingerprint density at radius 2 is 2.06 bits per heavy atom. The van der Waals surface area contributed by atoms with E-state index in [-0.39, 0.29) is 5.60 Å². The van der Waals surface area contributed by atoms with E-state index >= 15 is 0 Å². The van der Waals surface area contributed by atoms with Crippen molar-refractivity contribution in [3.8, 4) is 0 Å². The van der Waals surface area contributed by atoms with Crippen LogP contribution >= 0.6 is 0 Å². The van der Waals surface area contributed by atoms with Gasteiger partial charge in [0.2, 0.25) is 0 Å². The molecule has 90 valence electrons. The molecule has 3 heteroatoms. The Hall–Kier alpha value is -1.09. The maximum Gasteiger partial charge on any atom is 0.125 e. The number of rotatable bonds is 5. The molecule has 3 nitrogen and oxygen atoms in total. The van der Waals surface area contributed by atoms with Crippen LogP contribution in [0.25, 0.3) is 0 Å². The van der Waals surface area contributed by atoms with Gasteiger partial charge in [-0.1, -0.05) is 13.0 Å². The third-order valence-corrected chi connectivity index (χ3v) is 2.05. The Morgan fingerprint density at radius 1 is 1.31 bits per heavy atom. The van der Waals surface area contributed by atoms with Crippen LogP contribution in [0.3, 0.4) is 0 Å². The van der Waals surface area contributed by atoms with E-state index in [4.69, 9.17) is 4.74 Å². The quantitative estimate of drug-likeness (QED) is 0.830. The number of anilines is 1. The second kappa shape index (κ2) is 5.85. The molecular formula is C13H22N2O. The summed E-state index contributed by atoms with van der Waals surface area (Å²) < 4.78 is 5.68. The average Bonchev–Trinajstić information content (AvgIpc) is 2.24. The molecular weight excluding hydrogens is 200 g/mol. The van der Waals surface area contributed by atoms with Crippen LogP contribution < -0.4 is 5.32 Å². The van der Waals surface area contributed by atoms with E-state index in [2.05, 4.69) is 44.1 Å². The summed E-state index contributed by atoms with van der Waals surface area (Å²) in [5.74, 6) is 0.932. The van der Waals surface area contributed by atoms with Crippen LogP contribution in [0.15, 0.2) is 18.3 Å². The fourth-order valence-electron chi connectivity index (χ4n) is 1.17. The highest BCUT2D eigenvalue weighted by molar-refractivity contribution is 5.35. The summed E-state index contributed by atoms with van der Waals surface area (Å²) in [4.78, 5) is 4.33. The van der Waals surface area contributed by atoms with Gasteiger partial charge in [0.25, 0.3) is 0 Å². The molecule has 0 unspecified atom stereocenters. The smallest absolute Gasteiger partial charge is 0.125 e. The molecule has 0 spiro atoms. The lowest BCUT2D eigenvalue weighted by molar-refractivity contribution is -0.0150. The van der Waals surface area contributed by atoms with Crippen LogP contribution in [-0.4, -0.2) is 17.1 Å². The van der Waals surface area contributed by atoms with Crippen molar-refractivity contribution in [2.24, 2.45) is 0 Å². The Balaban J connectivity index is 2.45. The topological polar surface area (TPSA) is 34.1 Å². The van der Waals surface area contributed by atoms with Gasteiger partial charge in [0.15, 0.2) is 0 Å². The van der Waals surface area contributed by atoms with Crippen molar-refractivity contribution in [3.63, 3.8) is 0 Å². The first-order chi connectivity index (χ1) is 7.51. The van der Waals surface area contributed by atoms with Gasteiger partial charge in [0.05, 0.1) is 12.2 Å². The van der Waals surface area contributed by atoms with E-state index < -0.39 is 0 Å². The van der Waals surface area contributed by atoms with Crippen LogP contribution in [0.1, 0.15) is 39.7 Å². The molecule has 0 amide bonds. The minimum Gasteiger partial charge on any atom is -0.371 e. The van der Waals surface area contributed by atoms with Crippen molar-refractivity contribution in [1.82, 2.24) is 4.98 Å². The number of hydrogen-bond acceptors (Lipinski definition) is 3. The van der Waals surface area contributed by atoms with Crippen molar-refractivity contribution < 1.29 is 4.74 Å². The summed E-state index contributed by atoms with van der Waals surface area (Å²) in [5.41, 5.74) is 1.01. The second-order valence-electron chi connectivity index (χ2n) is 4.88. The van der Waals surface area contributed by atoms with Gasteiger partial charge < -0.3 is 10.1 Å². The molecule has 16 heavy (non-hydrogen) atoms. The minimum atomic E-state index is -0.0981. The number of ether oxygens (including phenoxy) is 1. The van der Waals surface area contributed by atoms with E-state index in [1.165, 1.54) is 0 Å². The monoisotopic (exact) mass is 222 g/mol. The van der Waals surface area contributed by atoms with Crippen molar-refractivity contribution in [3.05, 3.63) is 23.9 Å². The summed E-state index contributed by atoms with van der Waals surface area (Å²) in [7, 11) is 0. The molecule has 0 aromatic carbocycles. The van der Waals surface area contributed by atoms with Gasteiger partial charge in [0, 0.05) is 12.7 Å². The average molecular weight is 222 g/mol. The van der Waals surface area contributed by atoms with Crippen LogP contribution in [-0.2, 0) is 11.3 Å². The van der Waals surface area contributed by atoms with Gasteiger partial charge in [-0.15, -0.1) is 0 Å². The number of hydrogen-bond donors (Lipinski definition) is 1. The number of aromatic nitrogens is 1. The summed E-state index contributed by atoms with van der Waals surface area (Å²) in [6, 6.07) is 4.05. The van der Waals surface area contributed by atoms with Gasteiger partial charge in [-0.25, -0.2) is 4.98 Å². The molecule has 1 N–H and O–H groups in total. The zero-order chi connectivity index (χ0) is 12.0. The standard InChI is InChI=1S/C13H22N2O/c1-5-8-14-12-7-6-11(9-15-12)10-16-13(2,3)4/h6-7,9H,5,8,10H2,1-4H3,(H,14,15). The Kier molecular flexibility index (Phi) is 4.74. The molecule has 0 bridgehead atoms. The number of nitrogens with one attached hydrogen (secondary N) is 1. The molecule has 0 saturated heterocycles. The summed E-state index contributed by atoms with van der Waals surface area (Å²) in [5, 5.41) is 3.24. The van der Waals surface area contributed by atoms with Gasteiger partial charge in [-0.2, -0.15) is 0 Å². The van der Waals surface area contributed by atoms with Crippen molar-refractivity contribution in [1.29, 1.82) is 0 Å². The van der Waals surface area contributed by atoms with E-state index in [0.29, 0.717) is 6.61 Å². The maximum atomic E-state index is 5.68. The molecule has 0 aliphatic carbocycles. The lowest BCUT2D eigenvalue weighted by atomic mass is 10.2. The molecule has 1 aromatic heterocycles. The molecule has 0 fully saturated rings. The van der Waals surface area contributed by atoms with E-state index in [9.17, 15) is 0 Å². The molecule has 1 aromatic rings. The molecule has 0 saturated carbocycles. The zero-order valence-electron chi connectivity index (χ0n) is 10.7. The maximum absolute atomic E-state index is 5.68.